The van der Waals surface area contributed by atoms with Crippen molar-refractivity contribution in [2.75, 3.05) is 25.6 Å². The molecule has 3 N–H and O–H groups in total. The summed E-state index contributed by atoms with van der Waals surface area (Å²) in [6, 6.07) is 1.02. The summed E-state index contributed by atoms with van der Waals surface area (Å²) in [4.78, 5) is 10.2. The topological polar surface area (TPSA) is 128 Å². The van der Waals surface area contributed by atoms with Crippen LogP contribution in [0.5, 0.6) is 0 Å². The monoisotopic (exact) mass is 336 g/mol. The van der Waals surface area contributed by atoms with Crippen LogP contribution in [-0.2, 0) is 14.8 Å². The Morgan fingerprint density at radius 2 is 2.38 bits per heavy atom. The lowest BCUT2D eigenvalue weighted by molar-refractivity contribution is -0.383. The lowest BCUT2D eigenvalue weighted by Crippen LogP contribution is -2.33. The second-order valence-electron chi connectivity index (χ2n) is 4.60. The number of nitro groups is 1. The van der Waals surface area contributed by atoms with E-state index >= 15 is 0 Å². The van der Waals surface area contributed by atoms with Gasteiger partial charge in [-0.1, -0.05) is 11.3 Å². The SMILES string of the molecule is CN(CC1CCCO1)S(=O)(=O)c1cc([N+](=O)[O-])c(NN)s1. The third-order valence-corrected chi connectivity index (χ3v) is 6.49. The van der Waals surface area contributed by atoms with E-state index < -0.39 is 14.9 Å². The zero-order valence-electron chi connectivity index (χ0n) is 11.3. The lowest BCUT2D eigenvalue weighted by Gasteiger charge is -2.19. The van der Waals surface area contributed by atoms with Crippen molar-refractivity contribution >= 4 is 32.0 Å². The van der Waals surface area contributed by atoms with E-state index in [2.05, 4.69) is 5.43 Å². The number of nitrogens with two attached hydrogens (primary N) is 1. The maximum Gasteiger partial charge on any atom is 0.306 e. The minimum Gasteiger partial charge on any atom is -0.377 e. The molecule has 11 heteroatoms. The van der Waals surface area contributed by atoms with Gasteiger partial charge in [-0.2, -0.15) is 4.31 Å². The zero-order chi connectivity index (χ0) is 15.6. The Bertz CT molecular complexity index is 623. The Morgan fingerprint density at radius 3 is 2.86 bits per heavy atom. The van der Waals surface area contributed by atoms with Crippen molar-refractivity contribution in [3.63, 3.8) is 0 Å². The lowest BCUT2D eigenvalue weighted by atomic mass is 10.2. The number of nitrogen functional groups attached to an aromatic ring is 1. The first kappa shape index (κ1) is 16.1. The Balaban J connectivity index is 2.23. The van der Waals surface area contributed by atoms with Crippen LogP contribution < -0.4 is 11.3 Å². The quantitative estimate of drug-likeness (QED) is 0.445. The number of nitrogens with zero attached hydrogens (tertiary/aromatic N) is 2. The van der Waals surface area contributed by atoms with Gasteiger partial charge in [0.2, 0.25) is 0 Å². The second kappa shape index (κ2) is 6.23. The van der Waals surface area contributed by atoms with Crippen LogP contribution in [0.4, 0.5) is 10.7 Å². The molecule has 1 aliphatic rings. The molecule has 1 unspecified atom stereocenters. The summed E-state index contributed by atoms with van der Waals surface area (Å²) in [5.74, 6) is 5.18. The van der Waals surface area contributed by atoms with Gasteiger partial charge < -0.3 is 10.2 Å². The highest BCUT2D eigenvalue weighted by Gasteiger charge is 2.31. The van der Waals surface area contributed by atoms with Crippen molar-refractivity contribution in [2.45, 2.75) is 23.2 Å². The molecule has 2 heterocycles. The third-order valence-electron chi connectivity index (χ3n) is 3.17. The summed E-state index contributed by atoms with van der Waals surface area (Å²) in [5, 5.41) is 10.9. The van der Waals surface area contributed by atoms with Crippen LogP contribution in [0.1, 0.15) is 12.8 Å². The van der Waals surface area contributed by atoms with Gasteiger partial charge in [0, 0.05) is 26.3 Å². The van der Waals surface area contributed by atoms with Crippen LogP contribution in [0.2, 0.25) is 0 Å². The molecule has 21 heavy (non-hydrogen) atoms. The molecule has 0 aromatic carbocycles. The fourth-order valence-electron chi connectivity index (χ4n) is 2.05. The molecule has 0 radical (unpaired) electrons. The molecule has 0 saturated carbocycles. The molecule has 1 atom stereocenters. The average molecular weight is 336 g/mol. The summed E-state index contributed by atoms with van der Waals surface area (Å²) in [7, 11) is -2.37. The average Bonchev–Trinajstić information content (AvgIpc) is 3.06. The molecule has 1 aromatic rings. The molecule has 1 saturated heterocycles. The highest BCUT2D eigenvalue weighted by molar-refractivity contribution is 7.91. The number of hydrogen-bond acceptors (Lipinski definition) is 8. The fourth-order valence-corrected chi connectivity index (χ4v) is 4.70. The summed E-state index contributed by atoms with van der Waals surface area (Å²) in [6.07, 6.45) is 1.58. The Hall–Kier alpha value is -1.27. The van der Waals surface area contributed by atoms with Gasteiger partial charge in [-0.05, 0) is 12.8 Å². The predicted octanol–water partition coefficient (Wildman–Crippen LogP) is 0.741. The molecule has 9 nitrogen and oxygen atoms in total. The first-order chi connectivity index (χ1) is 9.86. The van der Waals surface area contributed by atoms with Crippen molar-refractivity contribution in [1.29, 1.82) is 0 Å². The van der Waals surface area contributed by atoms with Gasteiger partial charge in [0.05, 0.1) is 11.0 Å². The van der Waals surface area contributed by atoms with Gasteiger partial charge in [-0.3, -0.25) is 10.1 Å². The number of rotatable bonds is 6. The molecule has 0 amide bonds. The number of sulfonamides is 1. The smallest absolute Gasteiger partial charge is 0.306 e. The van der Waals surface area contributed by atoms with Crippen LogP contribution in [0, 0.1) is 10.1 Å². The number of thiophene rings is 1. The number of anilines is 1. The molecule has 2 rings (SSSR count). The molecule has 0 aliphatic carbocycles. The zero-order valence-corrected chi connectivity index (χ0v) is 12.9. The van der Waals surface area contributed by atoms with Gasteiger partial charge >= 0.3 is 5.69 Å². The van der Waals surface area contributed by atoms with Crippen LogP contribution in [-0.4, -0.2) is 43.9 Å². The van der Waals surface area contributed by atoms with Gasteiger partial charge in [0.15, 0.2) is 5.00 Å². The number of likely N-dealkylation sites (N-methyl/N-ethyl adjacent to an activating group) is 1. The number of ether oxygens (including phenoxy) is 1. The van der Waals surface area contributed by atoms with Crippen LogP contribution in [0.3, 0.4) is 0 Å². The Kier molecular flexibility index (Phi) is 4.78. The van der Waals surface area contributed by atoms with E-state index in [0.717, 1.165) is 34.6 Å². The predicted molar refractivity (Wildman–Crippen MR) is 77.6 cm³/mol. The molecule has 1 aliphatic heterocycles. The minimum atomic E-state index is -3.80. The van der Waals surface area contributed by atoms with Crippen molar-refractivity contribution in [3.8, 4) is 0 Å². The molecule has 118 valence electrons. The van der Waals surface area contributed by atoms with E-state index in [1.807, 2.05) is 0 Å². The highest BCUT2D eigenvalue weighted by atomic mass is 32.2. The van der Waals surface area contributed by atoms with E-state index in [9.17, 15) is 18.5 Å². The van der Waals surface area contributed by atoms with Crippen LogP contribution in [0.25, 0.3) is 0 Å². The first-order valence-corrected chi connectivity index (χ1v) is 8.44. The number of hydrazine groups is 1. The summed E-state index contributed by atoms with van der Waals surface area (Å²) in [6.45, 7) is 0.851. The molecule has 0 bridgehead atoms. The Labute approximate surface area is 125 Å². The summed E-state index contributed by atoms with van der Waals surface area (Å²) >= 11 is 0.733. The van der Waals surface area contributed by atoms with Crippen LogP contribution in [0.15, 0.2) is 10.3 Å². The molecule has 0 spiro atoms. The maximum absolute atomic E-state index is 12.4. The Morgan fingerprint density at radius 1 is 1.67 bits per heavy atom. The molecular weight excluding hydrogens is 320 g/mol. The van der Waals surface area contributed by atoms with Gasteiger partial charge in [0.25, 0.3) is 10.0 Å². The third kappa shape index (κ3) is 3.32. The van der Waals surface area contributed by atoms with Crippen molar-refractivity contribution in [3.05, 3.63) is 16.2 Å². The molecule has 1 aromatic heterocycles. The van der Waals surface area contributed by atoms with Crippen molar-refractivity contribution < 1.29 is 18.1 Å². The summed E-state index contributed by atoms with van der Waals surface area (Å²) in [5.41, 5.74) is 1.80. The standard InChI is InChI=1S/C10H16N4O5S2/c1-13(6-7-3-2-4-19-7)21(17,18)9-5-8(14(15)16)10(12-11)20-9/h5,7,12H,2-4,6,11H2,1H3. The summed E-state index contributed by atoms with van der Waals surface area (Å²) < 4.78 is 31.3. The van der Waals surface area contributed by atoms with E-state index in [-0.39, 0.29) is 27.5 Å². The number of hydrogen-bond donors (Lipinski definition) is 2. The van der Waals surface area contributed by atoms with E-state index in [4.69, 9.17) is 10.6 Å². The van der Waals surface area contributed by atoms with Crippen LogP contribution >= 0.6 is 11.3 Å². The normalized spacial score (nSPS) is 19.1. The van der Waals surface area contributed by atoms with Crippen molar-refractivity contribution in [1.82, 2.24) is 4.31 Å². The van der Waals surface area contributed by atoms with Gasteiger partial charge in [-0.15, -0.1) is 0 Å². The fraction of sp³-hybridized carbons (Fsp3) is 0.600. The minimum absolute atomic E-state index is 0.00379. The van der Waals surface area contributed by atoms with Gasteiger partial charge in [0.1, 0.15) is 4.21 Å². The van der Waals surface area contributed by atoms with E-state index in [1.165, 1.54) is 7.05 Å². The van der Waals surface area contributed by atoms with Gasteiger partial charge in [-0.25, -0.2) is 14.3 Å². The largest absolute Gasteiger partial charge is 0.377 e. The van der Waals surface area contributed by atoms with E-state index in [1.54, 1.807) is 0 Å². The molecule has 1 fully saturated rings. The molecular formula is C10H16N4O5S2. The van der Waals surface area contributed by atoms with E-state index in [0.29, 0.717) is 6.61 Å². The highest BCUT2D eigenvalue weighted by Crippen LogP contribution is 2.37. The first-order valence-electron chi connectivity index (χ1n) is 6.19. The second-order valence-corrected chi connectivity index (χ2v) is 7.93. The van der Waals surface area contributed by atoms with Crippen molar-refractivity contribution in [2.24, 2.45) is 5.84 Å². The number of nitrogens with one attached hydrogen (secondary N) is 1. The maximum atomic E-state index is 12.4.